The Labute approximate surface area is 154 Å². The summed E-state index contributed by atoms with van der Waals surface area (Å²) in [7, 11) is -1.90. The van der Waals surface area contributed by atoms with E-state index in [0.717, 1.165) is 17.7 Å². The topological polar surface area (TPSA) is 104 Å². The van der Waals surface area contributed by atoms with Crippen molar-refractivity contribution in [3.05, 3.63) is 0 Å². The smallest absolute Gasteiger partial charge is 0.324 e. The quantitative estimate of drug-likeness (QED) is 0.731. The predicted octanol–water partition coefficient (Wildman–Crippen LogP) is 0.869. The van der Waals surface area contributed by atoms with Gasteiger partial charge in [-0.1, -0.05) is 6.92 Å². The maximum atomic E-state index is 12.8. The summed E-state index contributed by atoms with van der Waals surface area (Å²) in [5.41, 5.74) is -0.349. The number of nitrogens with one attached hydrogen (secondary N) is 1. The molecule has 9 heteroatoms. The first kappa shape index (κ1) is 19.3. The van der Waals surface area contributed by atoms with E-state index in [1.54, 1.807) is 14.0 Å². The Bertz CT molecular complexity index is 731. The second-order valence-electron chi connectivity index (χ2n) is 8.03. The summed E-state index contributed by atoms with van der Waals surface area (Å²) in [6.07, 6.45) is 2.97. The summed E-state index contributed by atoms with van der Waals surface area (Å²) in [6.45, 7) is 3.32. The SMILES string of the molecule is CCC(=O)CN1C(=O)C2CC(S(=O)(=O)NC3(C)CC3)CCC2N(C)C1=O. The van der Waals surface area contributed by atoms with E-state index in [1.807, 2.05) is 6.92 Å². The number of amides is 3. The van der Waals surface area contributed by atoms with Crippen LogP contribution < -0.4 is 4.72 Å². The lowest BCUT2D eigenvalue weighted by Gasteiger charge is -2.46. The van der Waals surface area contributed by atoms with Crippen LogP contribution in [0.15, 0.2) is 0 Å². The molecule has 3 fully saturated rings. The summed E-state index contributed by atoms with van der Waals surface area (Å²) in [4.78, 5) is 39.5. The molecule has 3 atom stereocenters. The first-order valence-electron chi connectivity index (χ1n) is 9.20. The molecule has 26 heavy (non-hydrogen) atoms. The van der Waals surface area contributed by atoms with Gasteiger partial charge in [0.2, 0.25) is 15.9 Å². The first-order valence-corrected chi connectivity index (χ1v) is 10.8. The van der Waals surface area contributed by atoms with Gasteiger partial charge in [-0.2, -0.15) is 0 Å². The van der Waals surface area contributed by atoms with Gasteiger partial charge in [0.25, 0.3) is 0 Å². The largest absolute Gasteiger partial charge is 0.327 e. The molecule has 146 valence electrons. The van der Waals surface area contributed by atoms with E-state index in [9.17, 15) is 22.8 Å². The maximum Gasteiger partial charge on any atom is 0.327 e. The Morgan fingerprint density at radius 2 is 1.92 bits per heavy atom. The summed E-state index contributed by atoms with van der Waals surface area (Å²) in [5.74, 6) is -1.19. The van der Waals surface area contributed by atoms with Gasteiger partial charge < -0.3 is 4.90 Å². The van der Waals surface area contributed by atoms with Crippen molar-refractivity contribution in [2.45, 2.75) is 69.2 Å². The molecule has 1 saturated heterocycles. The third-order valence-corrected chi connectivity index (χ3v) is 8.02. The number of hydrogen-bond donors (Lipinski definition) is 1. The number of hydrogen-bond acceptors (Lipinski definition) is 5. The lowest BCUT2D eigenvalue weighted by Crippen LogP contribution is -2.63. The molecule has 0 aromatic heterocycles. The Hall–Kier alpha value is -1.48. The van der Waals surface area contributed by atoms with E-state index in [0.29, 0.717) is 12.8 Å². The number of urea groups is 1. The zero-order chi connectivity index (χ0) is 19.3. The number of imide groups is 1. The van der Waals surface area contributed by atoms with Gasteiger partial charge in [0.05, 0.1) is 17.7 Å². The van der Waals surface area contributed by atoms with E-state index in [1.165, 1.54) is 4.90 Å². The highest BCUT2D eigenvalue weighted by molar-refractivity contribution is 7.90. The van der Waals surface area contributed by atoms with Crippen molar-refractivity contribution >= 4 is 27.7 Å². The van der Waals surface area contributed by atoms with E-state index < -0.39 is 33.1 Å². The van der Waals surface area contributed by atoms with Crippen LogP contribution in [0, 0.1) is 5.92 Å². The molecule has 0 spiro atoms. The summed E-state index contributed by atoms with van der Waals surface area (Å²) < 4.78 is 28.2. The lowest BCUT2D eigenvalue weighted by molar-refractivity contribution is -0.142. The van der Waals surface area contributed by atoms with Crippen molar-refractivity contribution in [2.75, 3.05) is 13.6 Å². The van der Waals surface area contributed by atoms with Crippen molar-refractivity contribution in [1.82, 2.24) is 14.5 Å². The Morgan fingerprint density at radius 1 is 1.27 bits per heavy atom. The van der Waals surface area contributed by atoms with Crippen molar-refractivity contribution < 1.29 is 22.8 Å². The molecule has 3 rings (SSSR count). The average Bonchev–Trinajstić information content (AvgIpc) is 3.31. The molecule has 0 aromatic rings. The monoisotopic (exact) mass is 385 g/mol. The van der Waals surface area contributed by atoms with Crippen LogP contribution in [0.4, 0.5) is 4.79 Å². The van der Waals surface area contributed by atoms with Crippen molar-refractivity contribution in [3.63, 3.8) is 0 Å². The van der Waals surface area contributed by atoms with Crippen LogP contribution in [-0.4, -0.2) is 66.4 Å². The predicted molar refractivity (Wildman–Crippen MR) is 94.8 cm³/mol. The molecule has 3 unspecified atom stereocenters. The Balaban J connectivity index is 1.78. The lowest BCUT2D eigenvalue weighted by atomic mass is 9.81. The molecule has 1 aliphatic heterocycles. The third-order valence-electron chi connectivity index (χ3n) is 5.94. The minimum atomic E-state index is -3.52. The van der Waals surface area contributed by atoms with Gasteiger partial charge in [-0.05, 0) is 39.0 Å². The third kappa shape index (κ3) is 3.51. The molecule has 2 aliphatic carbocycles. The number of Topliss-reactive ketones (excluding diaryl/α,β-unsaturated/α-hetero) is 1. The fourth-order valence-corrected chi connectivity index (χ4v) is 5.87. The van der Waals surface area contributed by atoms with Crippen LogP contribution in [-0.2, 0) is 19.6 Å². The van der Waals surface area contributed by atoms with Crippen molar-refractivity contribution in [2.24, 2.45) is 5.92 Å². The number of fused-ring (bicyclic) bond motifs is 1. The van der Waals surface area contributed by atoms with E-state index >= 15 is 0 Å². The molecule has 3 amide bonds. The fraction of sp³-hybridized carbons (Fsp3) is 0.824. The average molecular weight is 385 g/mol. The van der Waals surface area contributed by atoms with Crippen LogP contribution in [0.2, 0.25) is 0 Å². The number of rotatable bonds is 6. The highest BCUT2D eigenvalue weighted by atomic mass is 32.2. The van der Waals surface area contributed by atoms with Gasteiger partial charge in [0.1, 0.15) is 0 Å². The standard InChI is InChI=1S/C17H27N3O5S/c1-4-11(21)10-20-15(22)13-9-12(5-6-14(13)19(3)16(20)23)26(24,25)18-17(2)7-8-17/h12-14,18H,4-10H2,1-3H3. The Morgan fingerprint density at radius 3 is 2.50 bits per heavy atom. The zero-order valence-electron chi connectivity index (χ0n) is 15.5. The fourth-order valence-electron chi connectivity index (χ4n) is 3.90. The molecule has 0 radical (unpaired) electrons. The van der Waals surface area contributed by atoms with Crippen LogP contribution in [0.3, 0.4) is 0 Å². The van der Waals surface area contributed by atoms with E-state index in [2.05, 4.69) is 4.72 Å². The number of ketones is 1. The number of carbonyl (C=O) groups excluding carboxylic acids is 3. The van der Waals surface area contributed by atoms with E-state index in [4.69, 9.17) is 0 Å². The maximum absolute atomic E-state index is 12.8. The van der Waals surface area contributed by atoms with Gasteiger partial charge in [-0.3, -0.25) is 14.5 Å². The van der Waals surface area contributed by atoms with Crippen LogP contribution in [0.25, 0.3) is 0 Å². The van der Waals surface area contributed by atoms with Crippen LogP contribution >= 0.6 is 0 Å². The molecular weight excluding hydrogens is 358 g/mol. The molecular formula is C17H27N3O5S. The normalized spacial score (nSPS) is 31.0. The second kappa shape index (κ2) is 6.60. The Kier molecular flexibility index (Phi) is 4.89. The van der Waals surface area contributed by atoms with Gasteiger partial charge in [0, 0.05) is 25.0 Å². The van der Waals surface area contributed by atoms with Crippen LogP contribution in [0.1, 0.15) is 52.4 Å². The highest BCUT2D eigenvalue weighted by Gasteiger charge is 2.51. The van der Waals surface area contributed by atoms with Gasteiger partial charge in [-0.25, -0.2) is 17.9 Å². The highest BCUT2D eigenvalue weighted by Crippen LogP contribution is 2.39. The molecule has 8 nitrogen and oxygen atoms in total. The van der Waals surface area contributed by atoms with Gasteiger partial charge in [0.15, 0.2) is 5.78 Å². The number of carbonyl (C=O) groups is 3. The number of nitrogens with zero attached hydrogens (tertiary/aromatic N) is 2. The minimum Gasteiger partial charge on any atom is -0.324 e. The zero-order valence-corrected chi connectivity index (χ0v) is 16.3. The second-order valence-corrected chi connectivity index (χ2v) is 9.99. The van der Waals surface area contributed by atoms with Crippen molar-refractivity contribution in [3.8, 4) is 0 Å². The van der Waals surface area contributed by atoms with E-state index in [-0.39, 0.29) is 36.8 Å². The van der Waals surface area contributed by atoms with Crippen molar-refractivity contribution in [1.29, 1.82) is 0 Å². The summed E-state index contributed by atoms with van der Waals surface area (Å²) in [6, 6.07) is -0.770. The molecule has 0 bridgehead atoms. The molecule has 3 aliphatic rings. The summed E-state index contributed by atoms with van der Waals surface area (Å²) in [5, 5.41) is -0.643. The molecule has 1 heterocycles. The minimum absolute atomic E-state index is 0.184. The molecule has 2 saturated carbocycles. The van der Waals surface area contributed by atoms with Crippen LogP contribution in [0.5, 0.6) is 0 Å². The summed E-state index contributed by atoms with van der Waals surface area (Å²) >= 11 is 0. The van der Waals surface area contributed by atoms with Gasteiger partial charge in [-0.15, -0.1) is 0 Å². The molecule has 0 aromatic carbocycles. The molecule has 1 N–H and O–H groups in total. The number of sulfonamides is 1. The van der Waals surface area contributed by atoms with Gasteiger partial charge >= 0.3 is 6.03 Å². The first-order chi connectivity index (χ1) is 12.1.